The maximum atomic E-state index is 11.8. The monoisotopic (exact) mass is 336 g/mol. The summed E-state index contributed by atoms with van der Waals surface area (Å²) in [6, 6.07) is 0. The van der Waals surface area contributed by atoms with Crippen molar-refractivity contribution in [3.05, 3.63) is 0 Å². The summed E-state index contributed by atoms with van der Waals surface area (Å²) in [7, 11) is 3.22. The second-order valence-corrected chi connectivity index (χ2v) is 8.21. The minimum absolute atomic E-state index is 0.0129. The highest BCUT2D eigenvalue weighted by molar-refractivity contribution is 8.76. The topological polar surface area (TPSA) is 73.9 Å². The molecule has 1 aliphatic rings. The molecular weight excluding hydrogens is 308 g/mol. The van der Waals surface area contributed by atoms with Crippen LogP contribution in [-0.2, 0) is 9.53 Å². The van der Waals surface area contributed by atoms with Crippen LogP contribution in [0.25, 0.3) is 0 Å². The van der Waals surface area contributed by atoms with Gasteiger partial charge in [0.15, 0.2) is 0 Å². The molecule has 0 spiro atoms. The van der Waals surface area contributed by atoms with Crippen molar-refractivity contribution in [3.8, 4) is 0 Å². The molecule has 0 saturated carbocycles. The molecule has 5 nitrogen and oxygen atoms in total. The van der Waals surface area contributed by atoms with Gasteiger partial charge in [-0.3, -0.25) is 9.52 Å². The Morgan fingerprint density at radius 3 is 2.76 bits per heavy atom. The van der Waals surface area contributed by atoms with Crippen molar-refractivity contribution in [2.75, 3.05) is 25.4 Å². The highest BCUT2D eigenvalue weighted by Gasteiger charge is 2.60. The summed E-state index contributed by atoms with van der Waals surface area (Å²) in [5.74, 6) is 0.839. The van der Waals surface area contributed by atoms with E-state index in [0.717, 1.165) is 18.7 Å². The number of nitrogens with one attached hydrogen (secondary N) is 2. The van der Waals surface area contributed by atoms with E-state index in [1.807, 2.05) is 20.8 Å². The number of epoxide rings is 1. The number of carbonyl (C=O) groups excluding carboxylic acids is 1. The van der Waals surface area contributed by atoms with E-state index in [4.69, 9.17) is 4.74 Å². The number of hydrogen-bond donors (Lipinski definition) is 3. The lowest BCUT2D eigenvalue weighted by molar-refractivity contribution is -0.120. The first-order valence-corrected chi connectivity index (χ1v) is 9.80. The van der Waals surface area contributed by atoms with E-state index >= 15 is 0 Å². The van der Waals surface area contributed by atoms with Crippen LogP contribution in [0.2, 0.25) is 0 Å². The van der Waals surface area contributed by atoms with E-state index in [1.165, 1.54) is 0 Å². The van der Waals surface area contributed by atoms with Gasteiger partial charge in [0.25, 0.3) is 0 Å². The molecule has 0 radical (unpaired) electrons. The zero-order valence-corrected chi connectivity index (χ0v) is 15.0. The van der Waals surface area contributed by atoms with Crippen LogP contribution in [0.1, 0.15) is 40.5 Å². The predicted octanol–water partition coefficient (Wildman–Crippen LogP) is 1.96. The van der Waals surface area contributed by atoms with Crippen LogP contribution in [0, 0.1) is 5.41 Å². The minimum Gasteiger partial charge on any atom is -0.396 e. The molecule has 1 saturated heterocycles. The molecule has 0 aromatic rings. The van der Waals surface area contributed by atoms with E-state index in [0.29, 0.717) is 13.0 Å². The Morgan fingerprint density at radius 2 is 2.19 bits per heavy atom. The SMILES string of the molecule is CCNSSCCC(=O)NCC1(C)OC1C(C)(CC)CO. The summed E-state index contributed by atoms with van der Waals surface area (Å²) >= 11 is 0. The van der Waals surface area contributed by atoms with Gasteiger partial charge in [-0.15, -0.1) is 0 Å². The van der Waals surface area contributed by atoms with E-state index < -0.39 is 0 Å². The highest BCUT2D eigenvalue weighted by Crippen LogP contribution is 2.48. The van der Waals surface area contributed by atoms with Gasteiger partial charge < -0.3 is 15.2 Å². The number of rotatable bonds is 11. The molecule has 3 unspecified atom stereocenters. The summed E-state index contributed by atoms with van der Waals surface area (Å²) in [5, 5.41) is 12.5. The van der Waals surface area contributed by atoms with Gasteiger partial charge in [0, 0.05) is 30.7 Å². The van der Waals surface area contributed by atoms with Crippen molar-refractivity contribution in [1.29, 1.82) is 0 Å². The normalized spacial score (nSPS) is 27.2. The van der Waals surface area contributed by atoms with Gasteiger partial charge in [0.2, 0.25) is 5.91 Å². The molecule has 1 fully saturated rings. The Kier molecular flexibility index (Phi) is 7.84. The molecule has 0 aromatic heterocycles. The summed E-state index contributed by atoms with van der Waals surface area (Å²) in [6.07, 6.45) is 1.38. The smallest absolute Gasteiger partial charge is 0.220 e. The first-order valence-electron chi connectivity index (χ1n) is 7.48. The zero-order chi connectivity index (χ0) is 15.9. The average Bonchev–Trinajstić information content (AvgIpc) is 3.17. The van der Waals surface area contributed by atoms with Gasteiger partial charge in [0.1, 0.15) is 5.60 Å². The molecule has 124 valence electrons. The molecule has 0 bridgehead atoms. The van der Waals surface area contributed by atoms with Crippen molar-refractivity contribution in [2.45, 2.75) is 52.2 Å². The summed E-state index contributed by atoms with van der Waals surface area (Å²) in [6.45, 7) is 9.66. The first kappa shape index (κ1) is 19.1. The third kappa shape index (κ3) is 5.63. The number of carbonyl (C=O) groups is 1. The van der Waals surface area contributed by atoms with Gasteiger partial charge >= 0.3 is 0 Å². The number of ether oxygens (including phenoxy) is 1. The Hall–Kier alpha value is 0.0500. The van der Waals surface area contributed by atoms with Crippen LogP contribution in [0.4, 0.5) is 0 Å². The molecule has 0 aliphatic carbocycles. The van der Waals surface area contributed by atoms with Crippen LogP contribution in [-0.4, -0.2) is 48.2 Å². The van der Waals surface area contributed by atoms with E-state index in [-0.39, 0.29) is 29.6 Å². The van der Waals surface area contributed by atoms with Crippen molar-refractivity contribution in [2.24, 2.45) is 5.41 Å². The molecular formula is C14H28N2O3S2. The number of aliphatic hydroxyl groups is 1. The number of aliphatic hydroxyl groups excluding tert-OH is 1. The minimum atomic E-state index is -0.338. The van der Waals surface area contributed by atoms with E-state index in [1.54, 1.807) is 21.8 Å². The van der Waals surface area contributed by atoms with Crippen LogP contribution in [0.3, 0.4) is 0 Å². The second kappa shape index (κ2) is 8.62. The fourth-order valence-electron chi connectivity index (χ4n) is 2.27. The number of hydrogen-bond acceptors (Lipinski definition) is 6. The van der Waals surface area contributed by atoms with E-state index in [9.17, 15) is 9.90 Å². The Balaban J connectivity index is 2.22. The Bertz CT molecular complexity index is 340. The van der Waals surface area contributed by atoms with Gasteiger partial charge in [-0.25, -0.2) is 0 Å². The standard InChI is InChI=1S/C14H28N2O3S2/c1-5-13(3,10-17)12-14(4,19-12)9-15-11(18)7-8-20-21-16-6-2/h12,16-17H,5-10H2,1-4H3,(H,15,18). The van der Waals surface area contributed by atoms with Crippen molar-refractivity contribution in [1.82, 2.24) is 10.0 Å². The van der Waals surface area contributed by atoms with Crippen molar-refractivity contribution < 1.29 is 14.6 Å². The Morgan fingerprint density at radius 1 is 1.48 bits per heavy atom. The lowest BCUT2D eigenvalue weighted by atomic mass is 9.80. The maximum Gasteiger partial charge on any atom is 0.220 e. The molecule has 21 heavy (non-hydrogen) atoms. The van der Waals surface area contributed by atoms with Gasteiger partial charge in [0.05, 0.1) is 12.7 Å². The van der Waals surface area contributed by atoms with Crippen LogP contribution in [0.5, 0.6) is 0 Å². The summed E-state index contributed by atoms with van der Waals surface area (Å²) in [4.78, 5) is 11.8. The molecule has 0 aromatic carbocycles. The van der Waals surface area contributed by atoms with Crippen LogP contribution in [0.15, 0.2) is 0 Å². The highest BCUT2D eigenvalue weighted by atomic mass is 33.1. The molecule has 1 rings (SSSR count). The lowest BCUT2D eigenvalue weighted by Crippen LogP contribution is -2.39. The van der Waals surface area contributed by atoms with Gasteiger partial charge in [-0.05, 0) is 24.3 Å². The molecule has 7 heteroatoms. The summed E-state index contributed by atoms with van der Waals surface area (Å²) < 4.78 is 8.89. The number of amides is 1. The molecule has 3 atom stereocenters. The van der Waals surface area contributed by atoms with Crippen molar-refractivity contribution in [3.63, 3.8) is 0 Å². The quantitative estimate of drug-likeness (QED) is 0.232. The van der Waals surface area contributed by atoms with Crippen LogP contribution >= 0.6 is 21.8 Å². The molecule has 3 N–H and O–H groups in total. The fourth-order valence-corrected chi connectivity index (χ4v) is 3.92. The molecule has 1 heterocycles. The fraction of sp³-hybridized carbons (Fsp3) is 0.929. The van der Waals surface area contributed by atoms with Gasteiger partial charge in [-0.1, -0.05) is 31.6 Å². The molecule has 1 amide bonds. The third-order valence-corrected chi connectivity index (χ3v) is 6.10. The summed E-state index contributed by atoms with van der Waals surface area (Å²) in [5.41, 5.74) is -0.563. The predicted molar refractivity (Wildman–Crippen MR) is 90.1 cm³/mol. The van der Waals surface area contributed by atoms with E-state index in [2.05, 4.69) is 17.0 Å². The largest absolute Gasteiger partial charge is 0.396 e. The van der Waals surface area contributed by atoms with Gasteiger partial charge in [-0.2, -0.15) is 0 Å². The van der Waals surface area contributed by atoms with Crippen LogP contribution < -0.4 is 10.0 Å². The second-order valence-electron chi connectivity index (χ2n) is 5.91. The zero-order valence-electron chi connectivity index (χ0n) is 13.4. The lowest BCUT2D eigenvalue weighted by Gasteiger charge is -2.24. The molecule has 1 aliphatic heterocycles. The average molecular weight is 337 g/mol. The maximum absolute atomic E-state index is 11.8. The third-order valence-electron chi connectivity index (χ3n) is 4.00. The Labute approximate surface area is 135 Å². The first-order chi connectivity index (χ1) is 9.91. The van der Waals surface area contributed by atoms with Crippen molar-refractivity contribution >= 4 is 27.7 Å².